The van der Waals surface area contributed by atoms with Gasteiger partial charge >= 0.3 is 0 Å². The molecule has 5 nitrogen and oxygen atoms in total. The minimum atomic E-state index is -0.00922. The number of thiocarbonyl (C=S) groups is 1. The van der Waals surface area contributed by atoms with Crippen molar-refractivity contribution in [2.75, 3.05) is 6.61 Å². The van der Waals surface area contributed by atoms with E-state index < -0.39 is 0 Å². The average molecular weight is 510 g/mol. The highest BCUT2D eigenvalue weighted by Crippen LogP contribution is 2.39. The lowest BCUT2D eigenvalue weighted by Gasteiger charge is -2.21. The van der Waals surface area contributed by atoms with Crippen LogP contribution in [0.2, 0.25) is 5.02 Å². The number of rotatable bonds is 6. The van der Waals surface area contributed by atoms with E-state index in [4.69, 9.17) is 33.7 Å². The molecule has 2 aliphatic rings. The zero-order valence-electron chi connectivity index (χ0n) is 18.7. The highest BCUT2D eigenvalue weighted by atomic mass is 35.5. The highest BCUT2D eigenvalue weighted by Gasteiger charge is 2.38. The summed E-state index contributed by atoms with van der Waals surface area (Å²) < 4.78 is 8.05. The van der Waals surface area contributed by atoms with Crippen molar-refractivity contribution in [2.45, 2.75) is 38.6 Å². The number of para-hydroxylation sites is 1. The molecule has 8 heteroatoms. The van der Waals surface area contributed by atoms with Crippen LogP contribution in [-0.2, 0) is 4.79 Å². The van der Waals surface area contributed by atoms with E-state index in [1.54, 1.807) is 0 Å². The molecule has 2 aromatic carbocycles. The molecule has 0 spiro atoms. The predicted octanol–water partition coefficient (Wildman–Crippen LogP) is 6.74. The third kappa shape index (κ3) is 4.52. The molecule has 0 unspecified atom stereocenters. The van der Waals surface area contributed by atoms with E-state index in [0.717, 1.165) is 48.2 Å². The second kappa shape index (κ2) is 9.94. The van der Waals surface area contributed by atoms with E-state index in [1.807, 2.05) is 77.3 Å². The molecule has 1 aliphatic carbocycles. The van der Waals surface area contributed by atoms with Gasteiger partial charge in [0.15, 0.2) is 0 Å². The van der Waals surface area contributed by atoms with Crippen LogP contribution >= 0.6 is 35.6 Å². The molecule has 3 aromatic rings. The fraction of sp³-hybridized carbons (Fsp3) is 0.269. The summed E-state index contributed by atoms with van der Waals surface area (Å²) in [6, 6.07) is 15.8. The molecule has 1 aromatic heterocycles. The Hall–Kier alpha value is -2.61. The highest BCUT2D eigenvalue weighted by molar-refractivity contribution is 8.26. The number of hydrogen-bond donors (Lipinski definition) is 0. The molecule has 0 radical (unpaired) electrons. The third-order valence-corrected chi connectivity index (χ3v) is 7.69. The van der Waals surface area contributed by atoms with Crippen LogP contribution in [0.3, 0.4) is 0 Å². The molecule has 5 rings (SSSR count). The zero-order chi connectivity index (χ0) is 23.7. The van der Waals surface area contributed by atoms with Crippen LogP contribution in [0.1, 0.15) is 38.2 Å². The van der Waals surface area contributed by atoms with Crippen LogP contribution in [0.25, 0.3) is 23.0 Å². The lowest BCUT2D eigenvalue weighted by Crippen LogP contribution is -2.36. The number of thioether (sulfide) groups is 1. The predicted molar refractivity (Wildman–Crippen MR) is 142 cm³/mol. The van der Waals surface area contributed by atoms with Gasteiger partial charge in [-0.25, -0.2) is 4.68 Å². The molecule has 0 N–H and O–H groups in total. The Balaban J connectivity index is 1.56. The number of aromatic nitrogens is 2. The first-order valence-corrected chi connectivity index (χ1v) is 13.0. The maximum absolute atomic E-state index is 13.3. The monoisotopic (exact) mass is 509 g/mol. The third-order valence-electron chi connectivity index (χ3n) is 6.07. The number of carbonyl (C=O) groups excluding carboxylic acids is 1. The lowest BCUT2D eigenvalue weighted by molar-refractivity contribution is -0.123. The Morgan fingerprint density at radius 3 is 2.68 bits per heavy atom. The van der Waals surface area contributed by atoms with Gasteiger partial charge in [0.25, 0.3) is 5.91 Å². The second-order valence-electron chi connectivity index (χ2n) is 8.28. The normalized spacial score (nSPS) is 17.8. The summed E-state index contributed by atoms with van der Waals surface area (Å²) in [6.45, 7) is 2.46. The zero-order valence-corrected chi connectivity index (χ0v) is 21.1. The molecule has 174 valence electrons. The first-order chi connectivity index (χ1) is 16.5. The summed E-state index contributed by atoms with van der Waals surface area (Å²) in [7, 11) is 0. The van der Waals surface area contributed by atoms with Gasteiger partial charge in [-0.05, 0) is 56.2 Å². The van der Waals surface area contributed by atoms with Crippen molar-refractivity contribution in [1.82, 2.24) is 14.7 Å². The van der Waals surface area contributed by atoms with E-state index in [-0.39, 0.29) is 11.9 Å². The van der Waals surface area contributed by atoms with Crippen LogP contribution in [0.5, 0.6) is 5.75 Å². The molecule has 1 amide bonds. The van der Waals surface area contributed by atoms with Crippen molar-refractivity contribution >= 4 is 51.9 Å². The van der Waals surface area contributed by atoms with Crippen LogP contribution in [0.4, 0.5) is 0 Å². The van der Waals surface area contributed by atoms with E-state index in [1.165, 1.54) is 11.8 Å². The summed E-state index contributed by atoms with van der Waals surface area (Å²) in [6.07, 6.45) is 8.17. The lowest BCUT2D eigenvalue weighted by atomic mass is 10.1. The number of benzene rings is 2. The van der Waals surface area contributed by atoms with Crippen LogP contribution in [-0.4, -0.2) is 37.6 Å². The summed E-state index contributed by atoms with van der Waals surface area (Å²) in [5, 5.41) is 5.38. The van der Waals surface area contributed by atoms with Gasteiger partial charge in [-0.15, -0.1) is 0 Å². The van der Waals surface area contributed by atoms with Gasteiger partial charge in [-0.2, -0.15) is 5.10 Å². The second-order valence-corrected chi connectivity index (χ2v) is 10.4. The first-order valence-electron chi connectivity index (χ1n) is 11.4. The molecular weight excluding hydrogens is 486 g/mol. The Bertz CT molecular complexity index is 1270. The molecule has 2 heterocycles. The molecule has 34 heavy (non-hydrogen) atoms. The topological polar surface area (TPSA) is 47.4 Å². The van der Waals surface area contributed by atoms with Gasteiger partial charge in [0.1, 0.15) is 15.8 Å². The van der Waals surface area contributed by atoms with E-state index in [0.29, 0.717) is 26.6 Å². The standard InChI is InChI=1S/C26H24ClN3O2S2/c1-2-32-22-13-12-17(14-21(22)27)24-18(16-29(28-24)19-8-4-3-5-9-19)15-23-25(31)30(26(33)34-23)20-10-6-7-11-20/h3-5,8-9,12-16,20H,2,6-7,10-11H2,1H3. The van der Waals surface area contributed by atoms with Gasteiger partial charge in [-0.3, -0.25) is 9.69 Å². The van der Waals surface area contributed by atoms with Crippen molar-refractivity contribution in [2.24, 2.45) is 0 Å². The van der Waals surface area contributed by atoms with Crippen molar-refractivity contribution in [3.63, 3.8) is 0 Å². The van der Waals surface area contributed by atoms with Crippen molar-refractivity contribution in [3.05, 3.63) is 70.2 Å². The number of nitrogens with zero attached hydrogens (tertiary/aromatic N) is 3. The Kier molecular flexibility index (Phi) is 6.77. The molecule has 0 bridgehead atoms. The SMILES string of the molecule is CCOc1ccc(-c2nn(-c3ccccc3)cc2C=C2SC(=S)N(C3CCCC3)C2=O)cc1Cl. The van der Waals surface area contributed by atoms with Gasteiger partial charge in [0.05, 0.1) is 22.2 Å². The maximum Gasteiger partial charge on any atom is 0.266 e. The summed E-state index contributed by atoms with van der Waals surface area (Å²) in [5.74, 6) is 0.624. The van der Waals surface area contributed by atoms with Crippen LogP contribution < -0.4 is 4.74 Å². The van der Waals surface area contributed by atoms with Crippen LogP contribution in [0.15, 0.2) is 59.6 Å². The quantitative estimate of drug-likeness (QED) is 0.272. The molecule has 2 fully saturated rings. The largest absolute Gasteiger partial charge is 0.492 e. The Morgan fingerprint density at radius 2 is 1.97 bits per heavy atom. The number of ether oxygens (including phenoxy) is 1. The minimum absolute atomic E-state index is 0.00922. The number of carbonyl (C=O) groups is 1. The van der Waals surface area contributed by atoms with E-state index in [2.05, 4.69) is 0 Å². The Labute approximate surface area is 213 Å². The van der Waals surface area contributed by atoms with Crippen LogP contribution in [0, 0.1) is 0 Å². The fourth-order valence-electron chi connectivity index (χ4n) is 4.45. The van der Waals surface area contributed by atoms with Crippen molar-refractivity contribution < 1.29 is 9.53 Å². The Morgan fingerprint density at radius 1 is 1.21 bits per heavy atom. The van der Waals surface area contributed by atoms with E-state index >= 15 is 0 Å². The average Bonchev–Trinajstić information content (AvgIpc) is 3.56. The maximum atomic E-state index is 13.3. The minimum Gasteiger partial charge on any atom is -0.492 e. The summed E-state index contributed by atoms with van der Waals surface area (Å²) in [4.78, 5) is 15.7. The molecule has 0 atom stereocenters. The number of halogens is 1. The summed E-state index contributed by atoms with van der Waals surface area (Å²) >= 11 is 13.4. The summed E-state index contributed by atoms with van der Waals surface area (Å²) in [5.41, 5.74) is 3.34. The van der Waals surface area contributed by atoms with Gasteiger partial charge in [-0.1, -0.05) is 66.6 Å². The number of hydrogen-bond acceptors (Lipinski definition) is 5. The van der Waals surface area contributed by atoms with Gasteiger partial charge < -0.3 is 4.74 Å². The molecule has 1 saturated heterocycles. The molecular formula is C26H24ClN3O2S2. The fourth-order valence-corrected chi connectivity index (χ4v) is 6.08. The number of amides is 1. The van der Waals surface area contributed by atoms with Crippen molar-refractivity contribution in [1.29, 1.82) is 0 Å². The smallest absolute Gasteiger partial charge is 0.266 e. The van der Waals surface area contributed by atoms with Crippen molar-refractivity contribution in [3.8, 4) is 22.7 Å². The molecule has 1 saturated carbocycles. The van der Waals surface area contributed by atoms with E-state index in [9.17, 15) is 4.79 Å². The molecule has 1 aliphatic heterocycles. The van der Waals surface area contributed by atoms with Gasteiger partial charge in [0, 0.05) is 23.4 Å². The van der Waals surface area contributed by atoms with Gasteiger partial charge in [0.2, 0.25) is 0 Å². The first kappa shape index (κ1) is 23.1.